The molecule has 34 heavy (non-hydrogen) atoms. The highest BCUT2D eigenvalue weighted by Crippen LogP contribution is 2.78. The lowest BCUT2D eigenvalue weighted by Crippen LogP contribution is -2.64. The van der Waals surface area contributed by atoms with Crippen molar-refractivity contribution >= 4 is 16.7 Å². The third-order valence-electron chi connectivity index (χ3n) is 8.71. The van der Waals surface area contributed by atoms with Crippen molar-refractivity contribution in [2.45, 2.75) is 44.1 Å². The van der Waals surface area contributed by atoms with Gasteiger partial charge in [0.05, 0.1) is 42.0 Å². The van der Waals surface area contributed by atoms with Crippen LogP contribution in [0.15, 0.2) is 30.5 Å². The molecule has 1 atom stereocenters. The summed E-state index contributed by atoms with van der Waals surface area (Å²) in [5.41, 5.74) is 2.24. The number of fused-ring (bicyclic) bond motifs is 1. The molecule has 8 heteroatoms. The number of ether oxygens (including phenoxy) is 1. The van der Waals surface area contributed by atoms with E-state index < -0.39 is 0 Å². The Bertz CT molecular complexity index is 1340. The number of piperazine rings is 1. The minimum absolute atomic E-state index is 0.186. The molecule has 2 saturated carbocycles. The molecule has 0 unspecified atom stereocenters. The molecular formula is C26H29N7O. The highest BCUT2D eigenvalue weighted by Gasteiger charge is 2.75. The fraction of sp³-hybridized carbons (Fsp3) is 0.538. The molecule has 3 aromatic rings. The minimum Gasteiger partial charge on any atom is -0.377 e. The lowest BCUT2D eigenvalue weighted by molar-refractivity contribution is -0.131. The topological polar surface area (TPSA) is 83.1 Å². The zero-order valence-corrected chi connectivity index (χ0v) is 19.8. The van der Waals surface area contributed by atoms with Crippen molar-refractivity contribution in [3.8, 4) is 11.9 Å². The van der Waals surface area contributed by atoms with Gasteiger partial charge < -0.3 is 9.64 Å². The van der Waals surface area contributed by atoms with Gasteiger partial charge in [-0.3, -0.25) is 4.90 Å². The van der Waals surface area contributed by atoms with Crippen LogP contribution in [0.5, 0.6) is 0 Å². The second-order valence-electron chi connectivity index (χ2n) is 10.9. The fourth-order valence-electron chi connectivity index (χ4n) is 6.18. The molecule has 1 aromatic carbocycles. The van der Waals surface area contributed by atoms with E-state index in [1.54, 1.807) is 0 Å². The number of aryl methyl sites for hydroxylation is 1. The molecule has 2 aromatic heterocycles. The largest absolute Gasteiger partial charge is 0.377 e. The maximum Gasteiger partial charge on any atom is 0.159 e. The monoisotopic (exact) mass is 455 g/mol. The number of rotatable bonds is 4. The van der Waals surface area contributed by atoms with Gasteiger partial charge in [-0.1, -0.05) is 12.1 Å². The summed E-state index contributed by atoms with van der Waals surface area (Å²) in [6, 6.07) is 11.1. The lowest BCUT2D eigenvalue weighted by Gasteiger charge is -2.50. The molecule has 4 aliphatic rings. The van der Waals surface area contributed by atoms with Gasteiger partial charge in [0.25, 0.3) is 0 Å². The van der Waals surface area contributed by atoms with E-state index in [1.807, 2.05) is 17.8 Å². The van der Waals surface area contributed by atoms with Crippen molar-refractivity contribution < 1.29 is 4.74 Å². The predicted octanol–water partition coefficient (Wildman–Crippen LogP) is 2.98. The maximum atomic E-state index is 9.99. The van der Waals surface area contributed by atoms with Gasteiger partial charge in [-0.15, -0.1) is 0 Å². The Morgan fingerprint density at radius 2 is 1.79 bits per heavy atom. The van der Waals surface area contributed by atoms with Crippen LogP contribution in [-0.4, -0.2) is 69.6 Å². The molecule has 2 aliphatic heterocycles. The Hall–Kier alpha value is -3.02. The first-order valence-corrected chi connectivity index (χ1v) is 12.3. The third-order valence-corrected chi connectivity index (χ3v) is 8.71. The van der Waals surface area contributed by atoms with Crippen LogP contribution in [0.4, 0.5) is 5.82 Å². The zero-order valence-electron chi connectivity index (χ0n) is 19.8. The van der Waals surface area contributed by atoms with Gasteiger partial charge in [0.15, 0.2) is 5.82 Å². The van der Waals surface area contributed by atoms with Crippen molar-refractivity contribution in [1.82, 2.24) is 24.6 Å². The number of aromatic nitrogens is 4. The van der Waals surface area contributed by atoms with E-state index in [-0.39, 0.29) is 16.4 Å². The van der Waals surface area contributed by atoms with Crippen LogP contribution in [0, 0.1) is 23.7 Å². The highest BCUT2D eigenvalue weighted by molar-refractivity contribution is 5.82. The molecule has 2 saturated heterocycles. The average molecular weight is 456 g/mol. The number of benzene rings is 1. The number of nitrogens with zero attached hydrogens (tertiary/aromatic N) is 7. The van der Waals surface area contributed by atoms with Crippen LogP contribution in [0.2, 0.25) is 0 Å². The molecule has 7 rings (SSSR count). The molecule has 4 fully saturated rings. The van der Waals surface area contributed by atoms with E-state index >= 15 is 0 Å². The molecule has 4 heterocycles. The first-order chi connectivity index (χ1) is 16.5. The fourth-order valence-corrected chi connectivity index (χ4v) is 6.18. The van der Waals surface area contributed by atoms with Gasteiger partial charge in [-0.25, -0.2) is 14.6 Å². The molecule has 8 nitrogen and oxygen atoms in total. The van der Waals surface area contributed by atoms with Crippen molar-refractivity contribution in [3.63, 3.8) is 0 Å². The van der Waals surface area contributed by atoms with Crippen LogP contribution < -0.4 is 4.90 Å². The Morgan fingerprint density at radius 1 is 1.03 bits per heavy atom. The van der Waals surface area contributed by atoms with E-state index in [0.717, 1.165) is 79.7 Å². The van der Waals surface area contributed by atoms with Crippen LogP contribution in [0.1, 0.15) is 37.6 Å². The number of hydrogen-bond donors (Lipinski definition) is 0. The van der Waals surface area contributed by atoms with Crippen molar-refractivity contribution in [2.24, 2.45) is 5.41 Å². The zero-order chi connectivity index (χ0) is 23.1. The number of anilines is 1. The average Bonchev–Trinajstić information content (AvgIpc) is 3.71. The van der Waals surface area contributed by atoms with Crippen LogP contribution in [0.3, 0.4) is 0 Å². The molecule has 174 valence electrons. The summed E-state index contributed by atoms with van der Waals surface area (Å²) >= 11 is 0. The Morgan fingerprint density at radius 3 is 2.44 bits per heavy atom. The Labute approximate surface area is 199 Å². The van der Waals surface area contributed by atoms with Crippen LogP contribution in [-0.2, 0) is 10.2 Å². The van der Waals surface area contributed by atoms with Crippen LogP contribution >= 0.6 is 0 Å². The van der Waals surface area contributed by atoms with Gasteiger partial charge in [0.1, 0.15) is 11.6 Å². The molecule has 0 radical (unpaired) electrons. The summed E-state index contributed by atoms with van der Waals surface area (Å²) in [5, 5.41) is 15.7. The summed E-state index contributed by atoms with van der Waals surface area (Å²) in [6.07, 6.45) is 5.22. The Kier molecular flexibility index (Phi) is 4.05. The SMILES string of the molecule is Cc1nc(N2CCN(C3(C)COC3)CC2)cc(-n2ncc3ccc([C@]4(C#N)CC45CC5)cc32)n1. The van der Waals surface area contributed by atoms with E-state index in [0.29, 0.717) is 0 Å². The smallest absolute Gasteiger partial charge is 0.159 e. The lowest BCUT2D eigenvalue weighted by atomic mass is 9.93. The highest BCUT2D eigenvalue weighted by atomic mass is 16.5. The van der Waals surface area contributed by atoms with Crippen molar-refractivity contribution in [3.05, 3.63) is 41.9 Å². The van der Waals surface area contributed by atoms with E-state index in [4.69, 9.17) is 14.7 Å². The predicted molar refractivity (Wildman–Crippen MR) is 128 cm³/mol. The first-order valence-electron chi connectivity index (χ1n) is 12.3. The first kappa shape index (κ1) is 20.4. The second kappa shape index (κ2) is 6.77. The molecule has 0 N–H and O–H groups in total. The summed E-state index contributed by atoms with van der Waals surface area (Å²) in [5.74, 6) is 2.46. The number of hydrogen-bond acceptors (Lipinski definition) is 7. The van der Waals surface area contributed by atoms with E-state index in [1.165, 1.54) is 12.8 Å². The van der Waals surface area contributed by atoms with Crippen LogP contribution in [0.25, 0.3) is 16.7 Å². The Balaban J connectivity index is 1.20. The van der Waals surface area contributed by atoms with Crippen molar-refractivity contribution in [2.75, 3.05) is 44.3 Å². The summed E-state index contributed by atoms with van der Waals surface area (Å²) in [4.78, 5) is 14.4. The van der Waals surface area contributed by atoms with Gasteiger partial charge in [-0.05, 0) is 50.2 Å². The normalized spacial score (nSPS) is 26.9. The van der Waals surface area contributed by atoms with Gasteiger partial charge in [0, 0.05) is 37.6 Å². The minimum atomic E-state index is -0.315. The van der Waals surface area contributed by atoms with E-state index in [9.17, 15) is 5.26 Å². The molecular weight excluding hydrogens is 426 g/mol. The summed E-state index contributed by atoms with van der Waals surface area (Å²) < 4.78 is 7.37. The standard InChI is InChI=1S/C26H29N7O/c1-18-29-22(31-7-9-32(10-8-31)24(2)16-34-17-24)12-23(30-18)33-21-11-20(4-3-19(21)13-28-33)26(15-27)14-25(26)5-6-25/h3-4,11-13H,5-10,14,16-17H2,1-2H3/t26-/m1/s1. The second-order valence-corrected chi connectivity index (χ2v) is 10.9. The van der Waals surface area contributed by atoms with Gasteiger partial charge in [0.2, 0.25) is 0 Å². The number of nitriles is 1. The van der Waals surface area contributed by atoms with Crippen molar-refractivity contribution in [1.29, 1.82) is 5.26 Å². The maximum absolute atomic E-state index is 9.99. The van der Waals surface area contributed by atoms with Gasteiger partial charge in [-0.2, -0.15) is 10.4 Å². The quantitative estimate of drug-likeness (QED) is 0.598. The van der Waals surface area contributed by atoms with E-state index in [2.05, 4.69) is 52.2 Å². The molecule has 0 bridgehead atoms. The summed E-state index contributed by atoms with van der Waals surface area (Å²) in [6.45, 7) is 9.76. The third kappa shape index (κ3) is 2.80. The molecule has 0 amide bonds. The molecule has 2 aliphatic carbocycles. The summed E-state index contributed by atoms with van der Waals surface area (Å²) in [7, 11) is 0. The molecule has 1 spiro atoms. The van der Waals surface area contributed by atoms with Gasteiger partial charge >= 0.3 is 0 Å².